The van der Waals surface area contributed by atoms with Gasteiger partial charge in [0.25, 0.3) is 5.91 Å². The zero-order valence-corrected chi connectivity index (χ0v) is 21.6. The smallest absolute Gasteiger partial charge is 0.257 e. The largest absolute Gasteiger partial charge is 0.388 e. The van der Waals surface area contributed by atoms with Crippen molar-refractivity contribution in [1.29, 1.82) is 0 Å². The van der Waals surface area contributed by atoms with E-state index in [0.717, 1.165) is 11.3 Å². The Morgan fingerprint density at radius 2 is 1.63 bits per heavy atom. The summed E-state index contributed by atoms with van der Waals surface area (Å²) in [5, 5.41) is 8.75. The van der Waals surface area contributed by atoms with Crippen LogP contribution in [0, 0.1) is 18.7 Å². The number of carbonyl (C=O) groups is 2. The minimum atomic E-state index is -1.38. The number of halogens is 5. The van der Waals surface area contributed by atoms with E-state index < -0.39 is 33.8 Å². The van der Waals surface area contributed by atoms with E-state index in [2.05, 4.69) is 16.0 Å². The van der Waals surface area contributed by atoms with Crippen LogP contribution in [0.4, 0.5) is 21.5 Å². The summed E-state index contributed by atoms with van der Waals surface area (Å²) in [6.45, 7) is 1.87. The molecule has 35 heavy (non-hydrogen) atoms. The van der Waals surface area contributed by atoms with Crippen molar-refractivity contribution >= 4 is 75.3 Å². The molecule has 1 saturated carbocycles. The van der Waals surface area contributed by atoms with Crippen LogP contribution >= 0.6 is 46.4 Å². The lowest BCUT2D eigenvalue weighted by atomic mass is 10.1. The van der Waals surface area contributed by atoms with Crippen molar-refractivity contribution in [2.75, 3.05) is 23.0 Å². The summed E-state index contributed by atoms with van der Waals surface area (Å²) in [4.78, 5) is 25.9. The van der Waals surface area contributed by atoms with Crippen molar-refractivity contribution < 1.29 is 14.0 Å². The predicted molar refractivity (Wildman–Crippen MR) is 141 cm³/mol. The standard InChI is InChI=1S/C25H20Cl4FN3O2/c1-12-9-14(31-2)5-8-20(12)33-23(34)16-11-15(4-6-17(16)26)32-24(35)22-21(25(22,28)29)13-3-7-19(30)18(27)10-13/h3-11,21-22,31H,1-2H3,(H,32,35)(H,33,34)/t21-,22+/m0/s1. The molecule has 0 unspecified atom stereocenters. The van der Waals surface area contributed by atoms with E-state index in [9.17, 15) is 14.0 Å². The second-order valence-corrected chi connectivity index (χ2v) is 10.5. The highest BCUT2D eigenvalue weighted by atomic mass is 35.5. The molecule has 1 aliphatic rings. The summed E-state index contributed by atoms with van der Waals surface area (Å²) in [6.07, 6.45) is 0. The fourth-order valence-electron chi connectivity index (χ4n) is 3.92. The average molecular weight is 555 g/mol. The zero-order chi connectivity index (χ0) is 25.5. The molecule has 0 radical (unpaired) electrons. The highest BCUT2D eigenvalue weighted by Gasteiger charge is 2.67. The topological polar surface area (TPSA) is 70.2 Å². The van der Waals surface area contributed by atoms with E-state index in [4.69, 9.17) is 46.4 Å². The lowest BCUT2D eigenvalue weighted by Gasteiger charge is -2.12. The SMILES string of the molecule is CNc1ccc(NC(=O)c2cc(NC(=O)[C@H]3[C@H](c4ccc(F)c(Cl)c4)C3(Cl)Cl)ccc2Cl)c(C)c1. The van der Waals surface area contributed by atoms with Crippen LogP contribution in [0.2, 0.25) is 10.0 Å². The third-order valence-electron chi connectivity index (χ3n) is 5.88. The van der Waals surface area contributed by atoms with Gasteiger partial charge in [-0.15, -0.1) is 23.2 Å². The summed E-state index contributed by atoms with van der Waals surface area (Å²) in [7, 11) is 1.81. The van der Waals surface area contributed by atoms with Gasteiger partial charge in [-0.3, -0.25) is 9.59 Å². The number of hydrogen-bond acceptors (Lipinski definition) is 3. The maximum absolute atomic E-state index is 13.5. The Morgan fingerprint density at radius 3 is 2.29 bits per heavy atom. The van der Waals surface area contributed by atoms with Crippen molar-refractivity contribution in [1.82, 2.24) is 0 Å². The summed E-state index contributed by atoms with van der Waals surface area (Å²) in [5.74, 6) is -2.82. The molecule has 3 aromatic rings. The average Bonchev–Trinajstić information content (AvgIpc) is 3.40. The fraction of sp³-hybridized carbons (Fsp3) is 0.200. The van der Waals surface area contributed by atoms with Gasteiger partial charge in [0.15, 0.2) is 0 Å². The zero-order valence-electron chi connectivity index (χ0n) is 18.6. The van der Waals surface area contributed by atoms with Crippen LogP contribution in [-0.2, 0) is 4.79 Å². The highest BCUT2D eigenvalue weighted by Crippen LogP contribution is 2.65. The molecule has 1 fully saturated rings. The Morgan fingerprint density at radius 1 is 0.914 bits per heavy atom. The molecule has 10 heteroatoms. The Kier molecular flexibility index (Phi) is 7.21. The van der Waals surface area contributed by atoms with Crippen molar-refractivity contribution in [3.63, 3.8) is 0 Å². The first-order valence-corrected chi connectivity index (χ1v) is 12.1. The predicted octanol–water partition coefficient (Wildman–Crippen LogP) is 7.26. The molecule has 0 aromatic heterocycles. The summed E-state index contributed by atoms with van der Waals surface area (Å²) < 4.78 is 12.1. The molecule has 0 saturated heterocycles. The Balaban J connectivity index is 1.50. The van der Waals surface area contributed by atoms with Gasteiger partial charge in [0.2, 0.25) is 5.91 Å². The van der Waals surface area contributed by atoms with Gasteiger partial charge in [0.1, 0.15) is 10.2 Å². The van der Waals surface area contributed by atoms with Crippen LogP contribution in [0.3, 0.4) is 0 Å². The van der Waals surface area contributed by atoms with E-state index in [1.165, 1.54) is 30.3 Å². The molecule has 182 valence electrons. The number of carbonyl (C=O) groups excluding carboxylic acids is 2. The molecule has 0 spiro atoms. The first kappa shape index (κ1) is 25.6. The van der Waals surface area contributed by atoms with Gasteiger partial charge in [0, 0.05) is 30.0 Å². The Labute approximate surface area is 221 Å². The van der Waals surface area contributed by atoms with Gasteiger partial charge >= 0.3 is 0 Å². The molecular formula is C25H20Cl4FN3O2. The monoisotopic (exact) mass is 553 g/mol. The number of nitrogens with one attached hydrogen (secondary N) is 3. The molecule has 5 nitrogen and oxygen atoms in total. The quantitative estimate of drug-likeness (QED) is 0.281. The molecule has 3 N–H and O–H groups in total. The highest BCUT2D eigenvalue weighted by molar-refractivity contribution is 6.53. The molecule has 0 bridgehead atoms. The number of benzene rings is 3. The van der Waals surface area contributed by atoms with E-state index in [1.54, 1.807) is 12.1 Å². The van der Waals surface area contributed by atoms with Gasteiger partial charge in [-0.1, -0.05) is 29.3 Å². The van der Waals surface area contributed by atoms with Crippen LogP contribution < -0.4 is 16.0 Å². The number of rotatable bonds is 6. The van der Waals surface area contributed by atoms with Crippen LogP contribution in [0.1, 0.15) is 27.4 Å². The number of anilines is 3. The second kappa shape index (κ2) is 9.86. The minimum Gasteiger partial charge on any atom is -0.388 e. The molecule has 1 aliphatic carbocycles. The first-order valence-electron chi connectivity index (χ1n) is 10.6. The third kappa shape index (κ3) is 5.21. The van der Waals surface area contributed by atoms with Crippen molar-refractivity contribution in [2.24, 2.45) is 5.92 Å². The molecule has 4 rings (SSSR count). The fourth-order valence-corrected chi connectivity index (χ4v) is 5.14. The number of alkyl halides is 2. The van der Waals surface area contributed by atoms with Crippen LogP contribution in [0.5, 0.6) is 0 Å². The number of hydrogen-bond donors (Lipinski definition) is 3. The molecule has 0 aliphatic heterocycles. The second-order valence-electron chi connectivity index (χ2n) is 8.22. The maximum atomic E-state index is 13.5. The Bertz CT molecular complexity index is 1330. The molecule has 2 amide bonds. The van der Waals surface area contributed by atoms with E-state index in [-0.39, 0.29) is 15.6 Å². The third-order valence-corrected chi connectivity index (χ3v) is 7.44. The number of aryl methyl sites for hydroxylation is 1. The minimum absolute atomic E-state index is 0.0816. The van der Waals surface area contributed by atoms with Gasteiger partial charge in [-0.25, -0.2) is 4.39 Å². The van der Waals surface area contributed by atoms with Crippen LogP contribution in [0.15, 0.2) is 54.6 Å². The van der Waals surface area contributed by atoms with E-state index >= 15 is 0 Å². The lowest BCUT2D eigenvalue weighted by Crippen LogP contribution is -2.18. The van der Waals surface area contributed by atoms with Crippen LogP contribution in [0.25, 0.3) is 0 Å². The van der Waals surface area contributed by atoms with Crippen molar-refractivity contribution in [3.05, 3.63) is 87.2 Å². The van der Waals surface area contributed by atoms with Gasteiger partial charge in [-0.2, -0.15) is 0 Å². The van der Waals surface area contributed by atoms with Crippen molar-refractivity contribution in [3.8, 4) is 0 Å². The summed E-state index contributed by atoms with van der Waals surface area (Å²) >= 11 is 24.9. The summed E-state index contributed by atoms with van der Waals surface area (Å²) in [6, 6.07) is 14.2. The molecule has 2 atom stereocenters. The van der Waals surface area contributed by atoms with Gasteiger partial charge in [-0.05, 0) is 66.6 Å². The Hall–Kier alpha value is -2.51. The first-order chi connectivity index (χ1) is 16.5. The maximum Gasteiger partial charge on any atom is 0.257 e. The normalized spacial score (nSPS) is 18.0. The van der Waals surface area contributed by atoms with Gasteiger partial charge < -0.3 is 16.0 Å². The van der Waals surface area contributed by atoms with Crippen molar-refractivity contribution in [2.45, 2.75) is 17.2 Å². The lowest BCUT2D eigenvalue weighted by molar-refractivity contribution is -0.117. The molecule has 0 heterocycles. The van der Waals surface area contributed by atoms with E-state index in [0.29, 0.717) is 16.9 Å². The van der Waals surface area contributed by atoms with Crippen LogP contribution in [-0.4, -0.2) is 23.2 Å². The number of amides is 2. The van der Waals surface area contributed by atoms with E-state index in [1.807, 2.05) is 26.1 Å². The summed E-state index contributed by atoms with van der Waals surface area (Å²) in [5.41, 5.74) is 3.50. The molecular weight excluding hydrogens is 535 g/mol. The van der Waals surface area contributed by atoms with Gasteiger partial charge in [0.05, 0.1) is 21.5 Å². The molecule has 3 aromatic carbocycles.